The zero-order valence-corrected chi connectivity index (χ0v) is 31.7. The fourth-order valence-corrected chi connectivity index (χ4v) is 9.70. The van der Waals surface area contributed by atoms with Crippen LogP contribution in [-0.4, -0.2) is 82.5 Å². The molecule has 6 N–H and O–H groups in total. The van der Waals surface area contributed by atoms with Crippen molar-refractivity contribution in [3.05, 3.63) is 107 Å². The number of para-hydroxylation sites is 3. The Kier molecular flexibility index (Phi) is 9.30. The van der Waals surface area contributed by atoms with E-state index in [0.717, 1.165) is 0 Å². The molecule has 12 nitrogen and oxygen atoms in total. The Bertz CT molecular complexity index is 2170. The molecule has 3 aromatic rings. The number of fused-ring (bicyclic) bond motifs is 3. The van der Waals surface area contributed by atoms with Crippen LogP contribution in [0.15, 0.2) is 90.0 Å². The molecule has 0 saturated heterocycles. The molecule has 0 aliphatic heterocycles. The highest BCUT2D eigenvalue weighted by Crippen LogP contribution is 2.71. The Balaban J connectivity index is 1.14. The summed E-state index contributed by atoms with van der Waals surface area (Å²) < 4.78 is 5.75. The number of aromatic hydroxyl groups is 1. The molecule has 7 rings (SSSR count). The van der Waals surface area contributed by atoms with Crippen molar-refractivity contribution in [3.63, 3.8) is 0 Å². The number of phenolic OH excluding ortho intramolecular Hbond substituents is 1. The van der Waals surface area contributed by atoms with Crippen molar-refractivity contribution in [1.82, 2.24) is 0 Å². The number of rotatable bonds is 8. The van der Waals surface area contributed by atoms with E-state index in [0.29, 0.717) is 23.2 Å². The van der Waals surface area contributed by atoms with Gasteiger partial charge in [-0.05, 0) is 84.1 Å². The molecular weight excluding hydrogens is 702 g/mol. The molecule has 3 aromatic carbocycles. The zero-order chi connectivity index (χ0) is 39.8. The molecule has 1 spiro atoms. The standard InChI is InChI=1S/C43H47N3O9/c1-22-20-42-23(2)18-29-33(41(29,3)4)28(37(42)50)19-24(36(49)43(42,54)35(22)48)21-55-40(53)25-12-7-9-15-30(25)44-39(52)27-14-11-17-32(47)34(27)45-38(51)26-13-8-10-16-31(26)46(5)6/h7-17,19-20,23,28-29,33,35-36,47-49,54H,18,21H2,1-6H3,(H,44,52)(H,45,51)/t23-,28+,29-,33+,35+,36-,42+,43-/m1/s1. The maximum Gasteiger partial charge on any atom is 0.340 e. The van der Waals surface area contributed by atoms with Gasteiger partial charge in [0.2, 0.25) is 0 Å². The van der Waals surface area contributed by atoms with E-state index in [4.69, 9.17) is 4.74 Å². The van der Waals surface area contributed by atoms with Gasteiger partial charge in [-0.15, -0.1) is 0 Å². The number of ether oxygens (including phenoxy) is 1. The van der Waals surface area contributed by atoms with Crippen molar-refractivity contribution < 1.29 is 44.3 Å². The summed E-state index contributed by atoms with van der Waals surface area (Å²) in [5.74, 6) is -3.70. The number of amides is 2. The largest absolute Gasteiger partial charge is 0.506 e. The number of nitrogens with one attached hydrogen (secondary N) is 2. The van der Waals surface area contributed by atoms with Gasteiger partial charge in [-0.2, -0.15) is 0 Å². The Morgan fingerprint density at radius 3 is 2.24 bits per heavy atom. The second-order valence-electron chi connectivity index (χ2n) is 16.3. The van der Waals surface area contributed by atoms with E-state index in [2.05, 4.69) is 24.5 Å². The van der Waals surface area contributed by atoms with Gasteiger partial charge in [0.15, 0.2) is 5.78 Å². The predicted octanol–water partition coefficient (Wildman–Crippen LogP) is 4.96. The number of esters is 1. The van der Waals surface area contributed by atoms with Crippen molar-refractivity contribution in [1.29, 1.82) is 0 Å². The van der Waals surface area contributed by atoms with E-state index in [-0.39, 0.29) is 62.8 Å². The lowest BCUT2D eigenvalue weighted by Gasteiger charge is -2.48. The number of hydrogen-bond acceptors (Lipinski definition) is 10. The number of benzene rings is 3. The molecule has 0 aromatic heterocycles. The number of nitrogens with zero attached hydrogens (tertiary/aromatic N) is 1. The average molecular weight is 750 g/mol. The predicted molar refractivity (Wildman–Crippen MR) is 206 cm³/mol. The van der Waals surface area contributed by atoms with Crippen LogP contribution in [0.1, 0.15) is 65.2 Å². The smallest absolute Gasteiger partial charge is 0.340 e. The normalized spacial score (nSPS) is 30.0. The first kappa shape index (κ1) is 38.0. The zero-order valence-electron chi connectivity index (χ0n) is 31.7. The van der Waals surface area contributed by atoms with E-state index >= 15 is 0 Å². The minimum atomic E-state index is -2.28. The molecule has 288 valence electrons. The van der Waals surface area contributed by atoms with Gasteiger partial charge in [-0.25, -0.2) is 4.79 Å². The first-order valence-corrected chi connectivity index (χ1v) is 18.5. The summed E-state index contributed by atoms with van der Waals surface area (Å²) in [6.45, 7) is 7.24. The lowest BCUT2D eigenvalue weighted by atomic mass is 9.59. The van der Waals surface area contributed by atoms with Crippen molar-refractivity contribution in [2.24, 2.45) is 34.5 Å². The number of phenols is 1. The van der Waals surface area contributed by atoms with Crippen molar-refractivity contribution in [2.75, 3.05) is 36.2 Å². The van der Waals surface area contributed by atoms with E-state index in [1.165, 1.54) is 30.3 Å². The van der Waals surface area contributed by atoms with E-state index in [1.54, 1.807) is 74.5 Å². The highest BCUT2D eigenvalue weighted by molar-refractivity contribution is 6.16. The second-order valence-corrected chi connectivity index (χ2v) is 16.3. The van der Waals surface area contributed by atoms with Crippen LogP contribution in [0.2, 0.25) is 0 Å². The second kappa shape index (κ2) is 13.5. The van der Waals surface area contributed by atoms with Crippen LogP contribution < -0.4 is 15.5 Å². The van der Waals surface area contributed by atoms with Gasteiger partial charge in [0.25, 0.3) is 11.8 Å². The van der Waals surface area contributed by atoms with Gasteiger partial charge in [-0.1, -0.05) is 63.3 Å². The first-order chi connectivity index (χ1) is 26.0. The monoisotopic (exact) mass is 749 g/mol. The van der Waals surface area contributed by atoms with Gasteiger partial charge in [0.05, 0.1) is 33.5 Å². The number of aliphatic hydroxyl groups excluding tert-OH is 2. The first-order valence-electron chi connectivity index (χ1n) is 18.5. The maximum atomic E-state index is 14.6. The van der Waals surface area contributed by atoms with Crippen LogP contribution in [0.4, 0.5) is 17.1 Å². The molecule has 2 amide bonds. The minimum Gasteiger partial charge on any atom is -0.506 e. The third-order valence-corrected chi connectivity index (χ3v) is 12.7. The Morgan fingerprint density at radius 1 is 0.891 bits per heavy atom. The number of carbonyl (C=O) groups excluding carboxylic acids is 4. The van der Waals surface area contributed by atoms with Crippen LogP contribution in [0, 0.1) is 34.5 Å². The minimum absolute atomic E-state index is 0.0394. The van der Waals surface area contributed by atoms with Crippen LogP contribution in [0.3, 0.4) is 0 Å². The number of hydrogen-bond donors (Lipinski definition) is 6. The van der Waals surface area contributed by atoms with Crippen LogP contribution in [0.25, 0.3) is 0 Å². The van der Waals surface area contributed by atoms with Gasteiger partial charge < -0.3 is 40.7 Å². The van der Waals surface area contributed by atoms with Crippen LogP contribution in [0.5, 0.6) is 5.75 Å². The molecule has 12 heteroatoms. The highest BCUT2D eigenvalue weighted by Gasteiger charge is 2.75. The number of ketones is 1. The van der Waals surface area contributed by atoms with E-state index < -0.39 is 53.5 Å². The summed E-state index contributed by atoms with van der Waals surface area (Å²) in [6.07, 6.45) is 0.651. The summed E-state index contributed by atoms with van der Waals surface area (Å²) in [7, 11) is 3.57. The molecule has 8 atom stereocenters. The number of Topliss-reactive ketones (excluding diaryl/α,β-unsaturated/α-hetero) is 1. The third-order valence-electron chi connectivity index (χ3n) is 12.7. The molecule has 4 aliphatic rings. The molecule has 55 heavy (non-hydrogen) atoms. The molecule has 0 heterocycles. The fourth-order valence-electron chi connectivity index (χ4n) is 9.70. The lowest BCUT2D eigenvalue weighted by Crippen LogP contribution is -2.65. The molecule has 0 unspecified atom stereocenters. The van der Waals surface area contributed by atoms with Crippen LogP contribution >= 0.6 is 0 Å². The van der Waals surface area contributed by atoms with E-state index in [9.17, 15) is 39.6 Å². The molecule has 2 saturated carbocycles. The van der Waals surface area contributed by atoms with Gasteiger partial charge in [-0.3, -0.25) is 14.4 Å². The van der Waals surface area contributed by atoms with Crippen molar-refractivity contribution in [2.45, 2.75) is 51.9 Å². The fraction of sp³-hybridized carbons (Fsp3) is 0.395. The van der Waals surface area contributed by atoms with E-state index in [1.807, 2.05) is 6.92 Å². The van der Waals surface area contributed by atoms with Gasteiger partial charge in [0.1, 0.15) is 30.2 Å². The molecular formula is C43H47N3O9. The van der Waals surface area contributed by atoms with Crippen molar-refractivity contribution >= 4 is 40.6 Å². The Labute approximate surface area is 319 Å². The summed E-state index contributed by atoms with van der Waals surface area (Å²) in [5.41, 5.74) is -2.72. The Morgan fingerprint density at radius 2 is 1.53 bits per heavy atom. The lowest BCUT2D eigenvalue weighted by molar-refractivity contribution is -0.190. The maximum absolute atomic E-state index is 14.6. The molecule has 2 fully saturated rings. The quantitative estimate of drug-likeness (QED) is 0.105. The average Bonchev–Trinajstić information content (AvgIpc) is 3.66. The van der Waals surface area contributed by atoms with Gasteiger partial charge in [0, 0.05) is 25.7 Å². The highest BCUT2D eigenvalue weighted by atomic mass is 16.5. The summed E-state index contributed by atoms with van der Waals surface area (Å²) in [4.78, 5) is 57.2. The topological polar surface area (TPSA) is 186 Å². The molecule has 4 aliphatic carbocycles. The number of anilines is 3. The number of allylic oxidation sites excluding steroid dienone is 1. The summed E-state index contributed by atoms with van der Waals surface area (Å²) in [5, 5.41) is 51.7. The molecule has 2 bridgehead atoms. The summed E-state index contributed by atoms with van der Waals surface area (Å²) >= 11 is 0. The number of aliphatic hydroxyl groups is 3. The Hall–Kier alpha value is -5.30. The third kappa shape index (κ3) is 5.77. The number of carbonyl (C=O) groups is 4. The SMILES string of the molecule is CC1=C[C@]23C(=O)[C@@H](C=C(COC(=O)c4ccccc4NC(=O)c4cccc(O)c4NC(=O)c4ccccc4N(C)C)[C@@H](O)[C@]2(O)[C@H]1O)[C@H]1[C@@H](C[C@H]3C)C1(C)C. The summed E-state index contributed by atoms with van der Waals surface area (Å²) in [6, 6.07) is 17.2. The molecule has 0 radical (unpaired) electrons. The van der Waals surface area contributed by atoms with Gasteiger partial charge >= 0.3 is 5.97 Å². The van der Waals surface area contributed by atoms with Crippen molar-refractivity contribution in [3.8, 4) is 5.75 Å². The van der Waals surface area contributed by atoms with Crippen LogP contribution in [-0.2, 0) is 9.53 Å².